The number of halogens is 6. The highest BCUT2D eigenvalue weighted by Crippen LogP contribution is 2.65. The molecule has 1 aliphatic rings. The molecular formula is C22H13Cl5FN3O2. The zero-order valence-electron chi connectivity index (χ0n) is 16.4. The van der Waals surface area contributed by atoms with Gasteiger partial charge in [-0.3, -0.25) is 9.59 Å². The van der Waals surface area contributed by atoms with Crippen LogP contribution in [-0.4, -0.2) is 21.1 Å². The Morgan fingerprint density at radius 3 is 2.21 bits per heavy atom. The molecule has 2 aromatic carbocycles. The molecule has 0 saturated heterocycles. The Bertz CT molecular complexity index is 1230. The first-order valence-electron chi connectivity index (χ1n) is 9.43. The van der Waals surface area contributed by atoms with Gasteiger partial charge in [0.25, 0.3) is 5.91 Å². The van der Waals surface area contributed by atoms with Crippen molar-refractivity contribution in [1.82, 2.24) is 4.98 Å². The molecule has 3 aromatic rings. The number of hydrogen-bond acceptors (Lipinski definition) is 3. The van der Waals surface area contributed by atoms with Crippen molar-refractivity contribution >= 4 is 81.2 Å². The molecule has 1 fully saturated rings. The van der Waals surface area contributed by atoms with Gasteiger partial charge in [-0.25, -0.2) is 4.98 Å². The zero-order chi connectivity index (χ0) is 23.9. The fourth-order valence-corrected chi connectivity index (χ4v) is 5.04. The van der Waals surface area contributed by atoms with Crippen LogP contribution in [0.5, 0.6) is 0 Å². The number of carbonyl (C=O) groups excluding carboxylic acids is 2. The van der Waals surface area contributed by atoms with E-state index in [4.69, 9.17) is 58.0 Å². The van der Waals surface area contributed by atoms with E-state index in [0.29, 0.717) is 21.3 Å². The molecule has 4 rings (SSSR count). The number of pyridine rings is 1. The van der Waals surface area contributed by atoms with Crippen LogP contribution in [0.15, 0.2) is 54.7 Å². The maximum absolute atomic E-state index is 13.0. The lowest BCUT2D eigenvalue weighted by Crippen LogP contribution is -2.18. The van der Waals surface area contributed by atoms with E-state index < -0.39 is 33.9 Å². The van der Waals surface area contributed by atoms with E-state index in [9.17, 15) is 14.0 Å². The van der Waals surface area contributed by atoms with Gasteiger partial charge in [-0.2, -0.15) is 4.39 Å². The van der Waals surface area contributed by atoms with Gasteiger partial charge in [-0.15, -0.1) is 23.2 Å². The van der Waals surface area contributed by atoms with Crippen LogP contribution in [0.1, 0.15) is 21.8 Å². The molecule has 0 spiro atoms. The van der Waals surface area contributed by atoms with Crippen LogP contribution < -0.4 is 10.6 Å². The molecule has 0 aliphatic heterocycles. The topological polar surface area (TPSA) is 71.1 Å². The Labute approximate surface area is 213 Å². The Kier molecular flexibility index (Phi) is 6.76. The molecule has 2 atom stereocenters. The van der Waals surface area contributed by atoms with Gasteiger partial charge in [0.1, 0.15) is 4.33 Å². The summed E-state index contributed by atoms with van der Waals surface area (Å²) in [6.07, 6.45) is 1.17. The lowest BCUT2D eigenvalue weighted by Gasteiger charge is -2.10. The third-order valence-electron chi connectivity index (χ3n) is 5.04. The van der Waals surface area contributed by atoms with Crippen LogP contribution in [-0.2, 0) is 4.79 Å². The molecule has 2 N–H and O–H groups in total. The molecule has 5 nitrogen and oxygen atoms in total. The van der Waals surface area contributed by atoms with Crippen molar-refractivity contribution in [2.45, 2.75) is 10.3 Å². The first-order chi connectivity index (χ1) is 15.6. The number of carbonyl (C=O) groups is 2. The van der Waals surface area contributed by atoms with E-state index in [0.717, 1.165) is 6.07 Å². The standard InChI is InChI=1S/C22H13Cl5FN3O2/c23-11-5-10(6-12(24)7-11)18-19(22(18,26)27)21(33)30-13-1-3-16(25)15(8-13)20(32)31-14-2-4-17(28)29-9-14/h1-9,18-19H,(H,30,33)(H,31,32)/t18-,19+/m1/s1. The number of rotatable bonds is 5. The number of nitrogens with one attached hydrogen (secondary N) is 2. The molecule has 1 heterocycles. The normalized spacial score (nSPS) is 18.5. The molecule has 1 aromatic heterocycles. The number of aromatic nitrogens is 1. The third-order valence-corrected chi connectivity index (χ3v) is 6.75. The summed E-state index contributed by atoms with van der Waals surface area (Å²) in [5.41, 5.74) is 1.32. The van der Waals surface area contributed by atoms with Crippen LogP contribution in [0, 0.1) is 11.9 Å². The second kappa shape index (κ2) is 9.28. The number of hydrogen-bond donors (Lipinski definition) is 2. The van der Waals surface area contributed by atoms with Crippen molar-refractivity contribution in [2.24, 2.45) is 5.92 Å². The summed E-state index contributed by atoms with van der Waals surface area (Å²) in [6.45, 7) is 0. The summed E-state index contributed by atoms with van der Waals surface area (Å²) in [5.74, 6) is -2.97. The second-order valence-electron chi connectivity index (χ2n) is 7.34. The SMILES string of the molecule is O=C(Nc1ccc(F)nc1)c1cc(NC(=O)[C@@H]2[C@@H](c3cc(Cl)cc(Cl)c3)C2(Cl)Cl)ccc1Cl. The first kappa shape index (κ1) is 24.0. The van der Waals surface area contributed by atoms with Gasteiger partial charge in [0.05, 0.1) is 28.4 Å². The summed E-state index contributed by atoms with van der Waals surface area (Å²) in [4.78, 5) is 29.0. The third kappa shape index (κ3) is 5.20. The Morgan fingerprint density at radius 2 is 1.58 bits per heavy atom. The second-order valence-corrected chi connectivity index (χ2v) is 10.1. The van der Waals surface area contributed by atoms with Crippen LogP contribution in [0.25, 0.3) is 0 Å². The van der Waals surface area contributed by atoms with Crippen LogP contribution in [0.2, 0.25) is 15.1 Å². The zero-order valence-corrected chi connectivity index (χ0v) is 20.2. The van der Waals surface area contributed by atoms with Crippen molar-refractivity contribution in [2.75, 3.05) is 10.6 Å². The highest BCUT2D eigenvalue weighted by atomic mass is 35.5. The van der Waals surface area contributed by atoms with Crippen molar-refractivity contribution < 1.29 is 14.0 Å². The molecule has 1 aliphatic carbocycles. The van der Waals surface area contributed by atoms with Gasteiger partial charge in [0.15, 0.2) is 0 Å². The Morgan fingerprint density at radius 1 is 0.909 bits per heavy atom. The first-order valence-corrected chi connectivity index (χ1v) is 11.3. The molecular weight excluding hydrogens is 535 g/mol. The van der Waals surface area contributed by atoms with Gasteiger partial charge < -0.3 is 10.6 Å². The molecule has 0 bridgehead atoms. The fraction of sp³-hybridized carbons (Fsp3) is 0.136. The fourth-order valence-electron chi connectivity index (χ4n) is 3.47. The summed E-state index contributed by atoms with van der Waals surface area (Å²) in [6, 6.07) is 11.7. The monoisotopic (exact) mass is 545 g/mol. The molecule has 33 heavy (non-hydrogen) atoms. The maximum atomic E-state index is 13.0. The summed E-state index contributed by atoms with van der Waals surface area (Å²) >= 11 is 31.0. The van der Waals surface area contributed by atoms with E-state index in [-0.39, 0.29) is 16.3 Å². The average molecular weight is 548 g/mol. The maximum Gasteiger partial charge on any atom is 0.257 e. The number of amides is 2. The number of nitrogens with zero attached hydrogens (tertiary/aromatic N) is 1. The van der Waals surface area contributed by atoms with Gasteiger partial charge in [-0.1, -0.05) is 34.8 Å². The smallest absolute Gasteiger partial charge is 0.257 e. The van der Waals surface area contributed by atoms with E-state index >= 15 is 0 Å². The molecule has 0 radical (unpaired) electrons. The molecule has 0 unspecified atom stereocenters. The number of benzene rings is 2. The summed E-state index contributed by atoms with van der Waals surface area (Å²) < 4.78 is 11.6. The number of anilines is 2. The highest BCUT2D eigenvalue weighted by Gasteiger charge is 2.67. The average Bonchev–Trinajstić information content (AvgIpc) is 3.32. The number of alkyl halides is 2. The van der Waals surface area contributed by atoms with Gasteiger partial charge in [0, 0.05) is 21.7 Å². The van der Waals surface area contributed by atoms with Gasteiger partial charge in [0.2, 0.25) is 11.9 Å². The molecule has 170 valence electrons. The predicted molar refractivity (Wildman–Crippen MR) is 129 cm³/mol. The molecule has 1 saturated carbocycles. The lowest BCUT2D eigenvalue weighted by molar-refractivity contribution is -0.117. The molecule has 2 amide bonds. The van der Waals surface area contributed by atoms with E-state index in [2.05, 4.69) is 15.6 Å². The quantitative estimate of drug-likeness (QED) is 0.268. The van der Waals surface area contributed by atoms with Crippen LogP contribution in [0.3, 0.4) is 0 Å². The van der Waals surface area contributed by atoms with Gasteiger partial charge in [-0.05, 0) is 54.1 Å². The minimum Gasteiger partial charge on any atom is -0.326 e. The Balaban J connectivity index is 1.50. The van der Waals surface area contributed by atoms with Crippen LogP contribution >= 0.6 is 58.0 Å². The largest absolute Gasteiger partial charge is 0.326 e. The van der Waals surface area contributed by atoms with E-state index in [1.54, 1.807) is 18.2 Å². The van der Waals surface area contributed by atoms with Crippen molar-refractivity contribution in [3.05, 3.63) is 86.9 Å². The summed E-state index contributed by atoms with van der Waals surface area (Å²) in [7, 11) is 0. The molecule has 11 heteroatoms. The highest BCUT2D eigenvalue weighted by molar-refractivity contribution is 6.53. The minimum atomic E-state index is -1.35. The van der Waals surface area contributed by atoms with E-state index in [1.807, 2.05) is 0 Å². The minimum absolute atomic E-state index is 0.0933. The lowest BCUT2D eigenvalue weighted by atomic mass is 10.1. The summed E-state index contributed by atoms with van der Waals surface area (Å²) in [5, 5.41) is 6.23. The van der Waals surface area contributed by atoms with E-state index in [1.165, 1.54) is 30.5 Å². The Hall–Kier alpha value is -2.09. The van der Waals surface area contributed by atoms with Crippen LogP contribution in [0.4, 0.5) is 15.8 Å². The van der Waals surface area contributed by atoms with Gasteiger partial charge >= 0.3 is 0 Å². The van der Waals surface area contributed by atoms with Crippen molar-refractivity contribution in [3.8, 4) is 0 Å². The van der Waals surface area contributed by atoms with Crippen molar-refractivity contribution in [3.63, 3.8) is 0 Å². The van der Waals surface area contributed by atoms with Crippen molar-refractivity contribution in [1.29, 1.82) is 0 Å². The predicted octanol–water partition coefficient (Wildman–Crippen LogP) is 6.96.